The molecular weight excluding hydrogens is 332 g/mol. The largest absolute Gasteiger partial charge is 0.381 e. The van der Waals surface area contributed by atoms with E-state index < -0.39 is 0 Å². The number of aromatic nitrogens is 1. The van der Waals surface area contributed by atoms with Crippen molar-refractivity contribution >= 4 is 17.6 Å². The zero-order valence-corrected chi connectivity index (χ0v) is 14.9. The van der Waals surface area contributed by atoms with Crippen LogP contribution in [0.3, 0.4) is 0 Å². The minimum Gasteiger partial charge on any atom is -0.381 e. The minimum absolute atomic E-state index is 0.00673. The third-order valence-corrected chi connectivity index (χ3v) is 5.82. The number of hydrogen-bond acceptors (Lipinski definition) is 5. The molecule has 3 N–H and O–H groups in total. The van der Waals surface area contributed by atoms with E-state index in [1.807, 2.05) is 18.2 Å². The third kappa shape index (κ3) is 3.82. The van der Waals surface area contributed by atoms with Crippen LogP contribution in [0.25, 0.3) is 0 Å². The molecule has 2 atom stereocenters. The molecule has 1 spiro atoms. The van der Waals surface area contributed by atoms with Crippen LogP contribution in [0.4, 0.5) is 5.82 Å². The number of hydrogen-bond donors (Lipinski definition) is 3. The predicted molar refractivity (Wildman–Crippen MR) is 96.4 cm³/mol. The first-order valence-corrected chi connectivity index (χ1v) is 9.42. The molecule has 1 aliphatic heterocycles. The van der Waals surface area contributed by atoms with Crippen molar-refractivity contribution in [2.45, 2.75) is 37.6 Å². The summed E-state index contributed by atoms with van der Waals surface area (Å²) in [4.78, 5) is 28.7. The van der Waals surface area contributed by atoms with Gasteiger partial charge in [-0.05, 0) is 37.8 Å². The summed E-state index contributed by atoms with van der Waals surface area (Å²) in [6.07, 6.45) is 5.88. The fraction of sp³-hybridized carbons (Fsp3) is 0.632. The SMILES string of the molecule is O=C(CCNc1ccccn1)NC1(CNC(=O)C2CC23CCOC3)CC1. The lowest BCUT2D eigenvalue weighted by Gasteiger charge is -2.19. The van der Waals surface area contributed by atoms with E-state index in [9.17, 15) is 9.59 Å². The quantitative estimate of drug-likeness (QED) is 0.647. The van der Waals surface area contributed by atoms with Gasteiger partial charge in [-0.2, -0.15) is 0 Å². The molecule has 4 rings (SSSR count). The molecule has 1 aromatic heterocycles. The van der Waals surface area contributed by atoms with Crippen molar-refractivity contribution in [2.75, 3.05) is 31.6 Å². The molecule has 0 bridgehead atoms. The van der Waals surface area contributed by atoms with Crippen LogP contribution in [0.5, 0.6) is 0 Å². The number of carbonyl (C=O) groups excluding carboxylic acids is 2. The molecule has 140 valence electrons. The Balaban J connectivity index is 1.16. The molecule has 2 saturated carbocycles. The molecular formula is C19H26N4O3. The lowest BCUT2D eigenvalue weighted by molar-refractivity contribution is -0.125. The molecule has 7 heteroatoms. The highest BCUT2D eigenvalue weighted by atomic mass is 16.5. The Morgan fingerprint density at radius 3 is 2.85 bits per heavy atom. The van der Waals surface area contributed by atoms with Crippen LogP contribution < -0.4 is 16.0 Å². The van der Waals surface area contributed by atoms with Gasteiger partial charge in [0.05, 0.1) is 12.1 Å². The van der Waals surface area contributed by atoms with Crippen LogP contribution in [0.2, 0.25) is 0 Å². The van der Waals surface area contributed by atoms with E-state index in [0.717, 1.165) is 44.7 Å². The molecule has 2 heterocycles. The molecule has 26 heavy (non-hydrogen) atoms. The number of carbonyl (C=O) groups is 2. The fourth-order valence-corrected chi connectivity index (χ4v) is 3.78. The second kappa shape index (κ2) is 6.87. The summed E-state index contributed by atoms with van der Waals surface area (Å²) in [5.74, 6) is 0.988. The van der Waals surface area contributed by atoms with Crippen LogP contribution >= 0.6 is 0 Å². The minimum atomic E-state index is -0.244. The molecule has 2 aliphatic carbocycles. The Hall–Kier alpha value is -2.15. The zero-order valence-electron chi connectivity index (χ0n) is 14.9. The highest BCUT2D eigenvalue weighted by Crippen LogP contribution is 2.57. The number of ether oxygens (including phenoxy) is 1. The average Bonchev–Trinajstić information content (AvgIpc) is 3.50. The number of anilines is 1. The van der Waals surface area contributed by atoms with E-state index >= 15 is 0 Å². The van der Waals surface area contributed by atoms with Crippen molar-refractivity contribution in [3.8, 4) is 0 Å². The van der Waals surface area contributed by atoms with Crippen molar-refractivity contribution in [2.24, 2.45) is 11.3 Å². The highest BCUT2D eigenvalue weighted by molar-refractivity contribution is 5.83. The topological polar surface area (TPSA) is 92.4 Å². The molecule has 0 aromatic carbocycles. The van der Waals surface area contributed by atoms with Crippen LogP contribution in [0, 0.1) is 11.3 Å². The lowest BCUT2D eigenvalue weighted by atomic mass is 10.0. The van der Waals surface area contributed by atoms with Gasteiger partial charge in [0.1, 0.15) is 5.82 Å². The number of nitrogens with one attached hydrogen (secondary N) is 3. The van der Waals surface area contributed by atoms with E-state index in [0.29, 0.717) is 19.5 Å². The van der Waals surface area contributed by atoms with Crippen molar-refractivity contribution in [3.63, 3.8) is 0 Å². The maximum Gasteiger partial charge on any atom is 0.223 e. The Morgan fingerprint density at radius 1 is 1.27 bits per heavy atom. The van der Waals surface area contributed by atoms with Gasteiger partial charge in [0.25, 0.3) is 0 Å². The Labute approximate surface area is 153 Å². The summed E-state index contributed by atoms with van der Waals surface area (Å²) in [5, 5.41) is 9.27. The first kappa shape index (κ1) is 17.3. The number of pyridine rings is 1. The zero-order chi connectivity index (χ0) is 18.0. The van der Waals surface area contributed by atoms with E-state index in [1.165, 1.54) is 0 Å². The number of amides is 2. The maximum absolute atomic E-state index is 12.4. The second-order valence-corrected chi connectivity index (χ2v) is 7.86. The van der Waals surface area contributed by atoms with Crippen molar-refractivity contribution in [1.29, 1.82) is 0 Å². The molecule has 1 saturated heterocycles. The summed E-state index contributed by atoms with van der Waals surface area (Å²) in [6.45, 7) is 2.56. The Morgan fingerprint density at radius 2 is 2.15 bits per heavy atom. The third-order valence-electron chi connectivity index (χ3n) is 5.82. The maximum atomic E-state index is 12.4. The van der Waals surface area contributed by atoms with Gasteiger partial charge in [-0.25, -0.2) is 4.98 Å². The Kier molecular flexibility index (Phi) is 4.56. The van der Waals surface area contributed by atoms with Gasteiger partial charge in [0.15, 0.2) is 0 Å². The van der Waals surface area contributed by atoms with Crippen molar-refractivity contribution in [1.82, 2.24) is 15.6 Å². The van der Waals surface area contributed by atoms with Gasteiger partial charge >= 0.3 is 0 Å². The van der Waals surface area contributed by atoms with Gasteiger partial charge < -0.3 is 20.7 Å². The molecule has 3 aliphatic rings. The van der Waals surface area contributed by atoms with Gasteiger partial charge in [0, 0.05) is 43.6 Å². The normalized spacial score (nSPS) is 27.8. The highest BCUT2D eigenvalue weighted by Gasteiger charge is 2.60. The monoisotopic (exact) mass is 358 g/mol. The molecule has 0 radical (unpaired) electrons. The van der Waals surface area contributed by atoms with Crippen LogP contribution in [0.15, 0.2) is 24.4 Å². The van der Waals surface area contributed by atoms with Gasteiger partial charge in [-0.3, -0.25) is 9.59 Å². The van der Waals surface area contributed by atoms with E-state index in [-0.39, 0.29) is 28.7 Å². The van der Waals surface area contributed by atoms with Gasteiger partial charge in [-0.15, -0.1) is 0 Å². The summed E-state index contributed by atoms with van der Waals surface area (Å²) < 4.78 is 5.44. The molecule has 2 amide bonds. The molecule has 3 fully saturated rings. The van der Waals surface area contributed by atoms with E-state index in [2.05, 4.69) is 20.9 Å². The summed E-state index contributed by atoms with van der Waals surface area (Å²) in [6, 6.07) is 5.63. The standard InChI is InChI=1S/C19H26N4O3/c24-16(4-9-21-15-3-1-2-8-20-15)23-19(5-6-19)12-22-17(25)14-11-18(14)7-10-26-13-18/h1-3,8,14H,4-7,9-13H2,(H,20,21)(H,22,25)(H,23,24). The molecule has 2 unspecified atom stereocenters. The molecule has 1 aromatic rings. The number of rotatable bonds is 8. The number of nitrogens with zero attached hydrogens (tertiary/aromatic N) is 1. The Bertz CT molecular complexity index is 669. The summed E-state index contributed by atoms with van der Waals surface area (Å²) >= 11 is 0. The first-order valence-electron chi connectivity index (χ1n) is 9.42. The summed E-state index contributed by atoms with van der Waals surface area (Å²) in [7, 11) is 0. The van der Waals surface area contributed by atoms with Crippen LogP contribution in [0.1, 0.15) is 32.1 Å². The van der Waals surface area contributed by atoms with Gasteiger partial charge in [0.2, 0.25) is 11.8 Å². The smallest absolute Gasteiger partial charge is 0.223 e. The van der Waals surface area contributed by atoms with E-state index in [4.69, 9.17) is 4.74 Å². The van der Waals surface area contributed by atoms with Crippen LogP contribution in [-0.2, 0) is 14.3 Å². The first-order chi connectivity index (χ1) is 12.6. The molecule has 7 nitrogen and oxygen atoms in total. The summed E-state index contributed by atoms with van der Waals surface area (Å²) in [5.41, 5.74) is -0.132. The van der Waals surface area contributed by atoms with Crippen molar-refractivity contribution in [3.05, 3.63) is 24.4 Å². The van der Waals surface area contributed by atoms with E-state index in [1.54, 1.807) is 6.20 Å². The predicted octanol–water partition coefficient (Wildman–Crippen LogP) is 1.08. The van der Waals surface area contributed by atoms with Crippen molar-refractivity contribution < 1.29 is 14.3 Å². The average molecular weight is 358 g/mol. The van der Waals surface area contributed by atoms with Crippen LogP contribution in [-0.4, -0.2) is 48.6 Å². The van der Waals surface area contributed by atoms with Gasteiger partial charge in [-0.1, -0.05) is 6.07 Å². The fourth-order valence-electron chi connectivity index (χ4n) is 3.78. The second-order valence-electron chi connectivity index (χ2n) is 7.86. The lowest BCUT2D eigenvalue weighted by Crippen LogP contribution is -2.46.